The van der Waals surface area contributed by atoms with Gasteiger partial charge in [-0.3, -0.25) is 9.69 Å². The molecule has 1 rings (SSSR count). The molecular weight excluding hydrogens is 242 g/mol. The summed E-state index contributed by atoms with van der Waals surface area (Å²) in [4.78, 5) is 15.9. The van der Waals surface area contributed by atoms with Crippen molar-refractivity contribution in [3.63, 3.8) is 0 Å². The van der Waals surface area contributed by atoms with Crippen LogP contribution in [0.2, 0.25) is 0 Å². The molecule has 102 valence electrons. The van der Waals surface area contributed by atoms with Crippen molar-refractivity contribution in [2.75, 3.05) is 53.5 Å². The van der Waals surface area contributed by atoms with E-state index in [1.165, 1.54) is 0 Å². The van der Waals surface area contributed by atoms with Gasteiger partial charge in [0.1, 0.15) is 0 Å². The van der Waals surface area contributed by atoms with Gasteiger partial charge >= 0.3 is 0 Å². The summed E-state index contributed by atoms with van der Waals surface area (Å²) in [5.74, 6) is 0.215. The van der Waals surface area contributed by atoms with Crippen LogP contribution in [-0.2, 0) is 9.53 Å². The molecule has 1 unspecified atom stereocenters. The monoisotopic (exact) mass is 265 g/mol. The smallest absolute Gasteiger partial charge is 0.236 e. The first-order chi connectivity index (χ1) is 7.65. The summed E-state index contributed by atoms with van der Waals surface area (Å²) >= 11 is 0. The Hall–Kier alpha value is -0.360. The Bertz CT molecular complexity index is 223. The Balaban J connectivity index is 0.00000256. The van der Waals surface area contributed by atoms with Crippen molar-refractivity contribution in [2.24, 2.45) is 0 Å². The molecule has 5 nitrogen and oxygen atoms in total. The number of piperazine rings is 1. The van der Waals surface area contributed by atoms with Crippen molar-refractivity contribution < 1.29 is 9.53 Å². The number of hydrogen-bond acceptors (Lipinski definition) is 4. The predicted molar refractivity (Wildman–Crippen MR) is 70.7 cm³/mol. The van der Waals surface area contributed by atoms with Crippen molar-refractivity contribution in [3.05, 3.63) is 0 Å². The quantitative estimate of drug-likeness (QED) is 0.748. The number of nitrogens with zero attached hydrogens (tertiary/aromatic N) is 2. The molecule has 0 aromatic heterocycles. The highest BCUT2D eigenvalue weighted by atomic mass is 35.5. The lowest BCUT2D eigenvalue weighted by molar-refractivity contribution is -0.133. The lowest BCUT2D eigenvalue weighted by Gasteiger charge is -2.30. The van der Waals surface area contributed by atoms with Gasteiger partial charge in [-0.05, 0) is 14.0 Å². The Kier molecular flexibility index (Phi) is 8.51. The summed E-state index contributed by atoms with van der Waals surface area (Å²) in [7, 11) is 3.65. The topological polar surface area (TPSA) is 44.8 Å². The minimum Gasteiger partial charge on any atom is -0.383 e. The number of amides is 1. The summed E-state index contributed by atoms with van der Waals surface area (Å²) in [6.45, 7) is 6.66. The molecule has 0 radical (unpaired) electrons. The van der Waals surface area contributed by atoms with Crippen LogP contribution in [0.15, 0.2) is 0 Å². The molecule has 17 heavy (non-hydrogen) atoms. The van der Waals surface area contributed by atoms with Gasteiger partial charge in [-0.25, -0.2) is 0 Å². The number of likely N-dealkylation sites (N-methyl/N-ethyl adjacent to an activating group) is 1. The van der Waals surface area contributed by atoms with E-state index in [4.69, 9.17) is 4.74 Å². The van der Waals surface area contributed by atoms with Crippen molar-refractivity contribution >= 4 is 18.3 Å². The van der Waals surface area contributed by atoms with E-state index in [0.717, 1.165) is 26.2 Å². The molecule has 1 atom stereocenters. The molecule has 0 saturated carbocycles. The summed E-state index contributed by atoms with van der Waals surface area (Å²) < 4.78 is 5.08. The number of methoxy groups -OCH3 is 1. The van der Waals surface area contributed by atoms with Crippen LogP contribution in [-0.4, -0.2) is 75.2 Å². The zero-order chi connectivity index (χ0) is 12.0. The molecule has 1 heterocycles. The van der Waals surface area contributed by atoms with Gasteiger partial charge in [0.25, 0.3) is 0 Å². The summed E-state index contributed by atoms with van der Waals surface area (Å²) in [6.07, 6.45) is 0. The minimum atomic E-state index is 0. The highest BCUT2D eigenvalue weighted by Gasteiger charge is 2.19. The van der Waals surface area contributed by atoms with Gasteiger partial charge < -0.3 is 15.0 Å². The molecule has 1 saturated heterocycles. The van der Waals surface area contributed by atoms with Gasteiger partial charge in [-0.2, -0.15) is 0 Å². The molecule has 1 fully saturated rings. The second-order valence-corrected chi connectivity index (χ2v) is 4.35. The van der Waals surface area contributed by atoms with Gasteiger partial charge in [0.2, 0.25) is 5.91 Å². The predicted octanol–water partition coefficient (Wildman–Crippen LogP) is -0.193. The minimum absolute atomic E-state index is 0. The standard InChI is InChI=1S/C11H23N3O2.ClH/c1-10(9-16-3)13(2)8-11(15)14-6-4-12-5-7-14;/h10,12H,4-9H2,1-3H3;1H. The van der Waals surface area contributed by atoms with E-state index in [-0.39, 0.29) is 24.4 Å². The number of hydrogen-bond donors (Lipinski definition) is 1. The number of carbonyl (C=O) groups excluding carboxylic acids is 1. The lowest BCUT2D eigenvalue weighted by atomic mass is 10.3. The zero-order valence-corrected chi connectivity index (χ0v) is 11.8. The Labute approximate surface area is 110 Å². The van der Waals surface area contributed by atoms with Crippen molar-refractivity contribution in [1.29, 1.82) is 0 Å². The fourth-order valence-electron chi connectivity index (χ4n) is 1.75. The summed E-state index contributed by atoms with van der Waals surface area (Å²) in [5.41, 5.74) is 0. The van der Waals surface area contributed by atoms with Crippen LogP contribution in [0, 0.1) is 0 Å². The van der Waals surface area contributed by atoms with Crippen LogP contribution < -0.4 is 5.32 Å². The van der Waals surface area contributed by atoms with E-state index >= 15 is 0 Å². The first-order valence-corrected chi connectivity index (χ1v) is 5.83. The Morgan fingerprint density at radius 2 is 2.06 bits per heavy atom. The number of rotatable bonds is 5. The van der Waals surface area contributed by atoms with E-state index in [1.807, 2.05) is 16.8 Å². The molecule has 0 aromatic carbocycles. The van der Waals surface area contributed by atoms with Crippen molar-refractivity contribution in [1.82, 2.24) is 15.1 Å². The Morgan fingerprint density at radius 1 is 1.47 bits per heavy atom. The average Bonchev–Trinajstić information content (AvgIpc) is 2.30. The van der Waals surface area contributed by atoms with E-state index in [0.29, 0.717) is 13.2 Å². The zero-order valence-electron chi connectivity index (χ0n) is 10.9. The van der Waals surface area contributed by atoms with Gasteiger partial charge in [-0.15, -0.1) is 12.4 Å². The highest BCUT2D eigenvalue weighted by Crippen LogP contribution is 1.99. The van der Waals surface area contributed by atoms with Crippen LogP contribution in [0.25, 0.3) is 0 Å². The van der Waals surface area contributed by atoms with Crippen LogP contribution >= 0.6 is 12.4 Å². The van der Waals surface area contributed by atoms with Crippen LogP contribution in [0.4, 0.5) is 0 Å². The second kappa shape index (κ2) is 8.69. The number of halogens is 1. The molecule has 0 aliphatic carbocycles. The molecule has 1 aliphatic rings. The number of ether oxygens (including phenoxy) is 1. The van der Waals surface area contributed by atoms with E-state index in [2.05, 4.69) is 12.2 Å². The van der Waals surface area contributed by atoms with Crippen LogP contribution in [0.3, 0.4) is 0 Å². The van der Waals surface area contributed by atoms with E-state index in [1.54, 1.807) is 7.11 Å². The van der Waals surface area contributed by atoms with Crippen molar-refractivity contribution in [2.45, 2.75) is 13.0 Å². The Morgan fingerprint density at radius 3 is 2.59 bits per heavy atom. The van der Waals surface area contributed by atoms with Gasteiger partial charge in [0, 0.05) is 39.3 Å². The molecule has 6 heteroatoms. The summed E-state index contributed by atoms with van der Waals surface area (Å²) in [5, 5.41) is 3.24. The molecular formula is C11H24ClN3O2. The molecule has 0 bridgehead atoms. The van der Waals surface area contributed by atoms with Gasteiger partial charge in [-0.1, -0.05) is 0 Å². The van der Waals surface area contributed by atoms with E-state index in [9.17, 15) is 4.79 Å². The van der Waals surface area contributed by atoms with Crippen molar-refractivity contribution in [3.8, 4) is 0 Å². The fraction of sp³-hybridized carbons (Fsp3) is 0.909. The van der Waals surface area contributed by atoms with Crippen LogP contribution in [0.5, 0.6) is 0 Å². The van der Waals surface area contributed by atoms with E-state index < -0.39 is 0 Å². The lowest BCUT2D eigenvalue weighted by Crippen LogP contribution is -2.50. The van der Waals surface area contributed by atoms with Gasteiger partial charge in [0.15, 0.2) is 0 Å². The van der Waals surface area contributed by atoms with Gasteiger partial charge in [0.05, 0.1) is 13.2 Å². The normalized spacial score (nSPS) is 17.8. The molecule has 1 aliphatic heterocycles. The maximum Gasteiger partial charge on any atom is 0.236 e. The fourth-order valence-corrected chi connectivity index (χ4v) is 1.75. The highest BCUT2D eigenvalue weighted by molar-refractivity contribution is 5.85. The third-order valence-corrected chi connectivity index (χ3v) is 3.01. The first kappa shape index (κ1) is 16.6. The largest absolute Gasteiger partial charge is 0.383 e. The second-order valence-electron chi connectivity index (χ2n) is 4.35. The summed E-state index contributed by atoms with van der Waals surface area (Å²) in [6, 6.07) is 0.275. The molecule has 0 aromatic rings. The maximum absolute atomic E-state index is 11.9. The third-order valence-electron chi connectivity index (χ3n) is 3.01. The first-order valence-electron chi connectivity index (χ1n) is 5.83. The number of nitrogens with one attached hydrogen (secondary N) is 1. The molecule has 0 spiro atoms. The SMILES string of the molecule is COCC(C)N(C)CC(=O)N1CCNCC1.Cl. The molecule has 1 N–H and O–H groups in total. The average molecular weight is 266 g/mol. The molecule has 1 amide bonds. The van der Waals surface area contributed by atoms with Crippen LogP contribution in [0.1, 0.15) is 6.92 Å². The maximum atomic E-state index is 11.9. The third kappa shape index (κ3) is 5.68. The number of carbonyl (C=O) groups is 1.